The van der Waals surface area contributed by atoms with Crippen molar-refractivity contribution >= 4 is 5.69 Å². The van der Waals surface area contributed by atoms with Gasteiger partial charge in [0.05, 0.1) is 12.8 Å². The summed E-state index contributed by atoms with van der Waals surface area (Å²) >= 11 is 0. The van der Waals surface area contributed by atoms with Crippen LogP contribution in [0.15, 0.2) is 42.5 Å². The van der Waals surface area contributed by atoms with Crippen molar-refractivity contribution in [2.24, 2.45) is 0 Å². The summed E-state index contributed by atoms with van der Waals surface area (Å²) in [6.07, 6.45) is 0. The molecule has 0 bridgehead atoms. The monoisotopic (exact) mass is 279 g/mol. The smallest absolute Gasteiger partial charge is 0.181 e. The maximum Gasteiger partial charge on any atom is 0.181 e. The van der Waals surface area contributed by atoms with Crippen LogP contribution >= 0.6 is 0 Å². The minimum atomic E-state index is -0.884. The van der Waals surface area contributed by atoms with Crippen LogP contribution in [0, 0.1) is 11.6 Å². The molecule has 0 heterocycles. The van der Waals surface area contributed by atoms with Crippen LogP contribution in [0.2, 0.25) is 0 Å². The molecule has 0 radical (unpaired) electrons. The molecule has 2 aromatic rings. The van der Waals surface area contributed by atoms with Crippen LogP contribution in [0.1, 0.15) is 0 Å². The second kappa shape index (κ2) is 6.75. The minimum absolute atomic E-state index is 0.119. The van der Waals surface area contributed by atoms with Crippen molar-refractivity contribution in [3.8, 4) is 11.5 Å². The molecule has 0 aromatic heterocycles. The first-order chi connectivity index (χ1) is 9.72. The van der Waals surface area contributed by atoms with E-state index >= 15 is 0 Å². The van der Waals surface area contributed by atoms with Gasteiger partial charge in [-0.1, -0.05) is 18.2 Å². The Kier molecular flexibility index (Phi) is 4.76. The van der Waals surface area contributed by atoms with Crippen LogP contribution in [-0.2, 0) is 0 Å². The Balaban J connectivity index is 1.86. The molecule has 0 saturated carbocycles. The van der Waals surface area contributed by atoms with Gasteiger partial charge >= 0.3 is 0 Å². The number of anilines is 1. The highest BCUT2D eigenvalue weighted by atomic mass is 19.2. The molecule has 0 amide bonds. The van der Waals surface area contributed by atoms with Crippen LogP contribution < -0.4 is 14.8 Å². The fourth-order valence-electron chi connectivity index (χ4n) is 1.73. The predicted octanol–water partition coefficient (Wildman–Crippen LogP) is 3.46. The lowest BCUT2D eigenvalue weighted by Crippen LogP contribution is -2.13. The summed E-state index contributed by atoms with van der Waals surface area (Å²) in [4.78, 5) is 0. The maximum absolute atomic E-state index is 13.4. The fourth-order valence-corrected chi connectivity index (χ4v) is 1.73. The quantitative estimate of drug-likeness (QED) is 0.821. The van der Waals surface area contributed by atoms with Crippen LogP contribution in [0.3, 0.4) is 0 Å². The standard InChI is InChI=1S/C15H15F2NO2/c1-19-13-7-2-3-8-14(13)20-10-9-18-12-6-4-5-11(16)15(12)17/h2-8,18H,9-10H2,1H3. The Bertz CT molecular complexity index is 576. The Morgan fingerprint density at radius 3 is 2.50 bits per heavy atom. The van der Waals surface area contributed by atoms with Gasteiger partial charge in [-0.25, -0.2) is 8.78 Å². The molecule has 2 aromatic carbocycles. The predicted molar refractivity (Wildman–Crippen MR) is 73.3 cm³/mol. The van der Waals surface area contributed by atoms with E-state index in [-0.39, 0.29) is 5.69 Å². The molecular weight excluding hydrogens is 264 g/mol. The first kappa shape index (κ1) is 14.1. The Hall–Kier alpha value is -2.30. The summed E-state index contributed by atoms with van der Waals surface area (Å²) in [6.45, 7) is 0.648. The fraction of sp³-hybridized carbons (Fsp3) is 0.200. The summed E-state index contributed by atoms with van der Waals surface area (Å²) < 4.78 is 37.0. The van der Waals surface area contributed by atoms with E-state index in [2.05, 4.69) is 5.32 Å². The van der Waals surface area contributed by atoms with Gasteiger partial charge in [-0.15, -0.1) is 0 Å². The normalized spacial score (nSPS) is 10.2. The van der Waals surface area contributed by atoms with Crippen LogP contribution in [-0.4, -0.2) is 20.3 Å². The summed E-state index contributed by atoms with van der Waals surface area (Å²) in [6, 6.07) is 11.2. The van der Waals surface area contributed by atoms with E-state index in [9.17, 15) is 8.78 Å². The molecule has 0 saturated heterocycles. The molecule has 0 fully saturated rings. The lowest BCUT2D eigenvalue weighted by atomic mass is 10.3. The van der Waals surface area contributed by atoms with Crippen molar-refractivity contribution in [1.29, 1.82) is 0 Å². The average Bonchev–Trinajstić information content (AvgIpc) is 2.48. The third kappa shape index (κ3) is 3.38. The van der Waals surface area contributed by atoms with Crippen LogP contribution in [0.4, 0.5) is 14.5 Å². The molecule has 0 aliphatic heterocycles. The molecule has 0 aliphatic rings. The Morgan fingerprint density at radius 1 is 1.00 bits per heavy atom. The van der Waals surface area contributed by atoms with E-state index < -0.39 is 11.6 Å². The highest BCUT2D eigenvalue weighted by Gasteiger charge is 2.07. The van der Waals surface area contributed by atoms with Gasteiger partial charge in [-0.3, -0.25) is 0 Å². The topological polar surface area (TPSA) is 30.5 Å². The largest absolute Gasteiger partial charge is 0.493 e. The molecule has 0 aliphatic carbocycles. The van der Waals surface area contributed by atoms with E-state index in [1.807, 2.05) is 12.1 Å². The molecule has 5 heteroatoms. The SMILES string of the molecule is COc1ccccc1OCCNc1cccc(F)c1F. The average molecular weight is 279 g/mol. The Labute approximate surface area is 116 Å². The zero-order valence-electron chi connectivity index (χ0n) is 11.0. The van der Waals surface area contributed by atoms with Crippen LogP contribution in [0.5, 0.6) is 11.5 Å². The maximum atomic E-state index is 13.4. The number of ether oxygens (including phenoxy) is 2. The minimum Gasteiger partial charge on any atom is -0.493 e. The van der Waals surface area contributed by atoms with Gasteiger partial charge in [0.1, 0.15) is 6.61 Å². The van der Waals surface area contributed by atoms with Gasteiger partial charge in [0.2, 0.25) is 0 Å². The van der Waals surface area contributed by atoms with Crippen molar-refractivity contribution in [3.05, 3.63) is 54.1 Å². The molecule has 20 heavy (non-hydrogen) atoms. The number of halogens is 2. The van der Waals surface area contributed by atoms with Crippen molar-refractivity contribution in [2.45, 2.75) is 0 Å². The first-order valence-corrected chi connectivity index (χ1v) is 6.16. The highest BCUT2D eigenvalue weighted by molar-refractivity contribution is 5.45. The second-order valence-electron chi connectivity index (χ2n) is 4.03. The number of hydrogen-bond acceptors (Lipinski definition) is 3. The first-order valence-electron chi connectivity index (χ1n) is 6.16. The van der Waals surface area contributed by atoms with Crippen molar-refractivity contribution < 1.29 is 18.3 Å². The molecule has 3 nitrogen and oxygen atoms in total. The van der Waals surface area contributed by atoms with Gasteiger partial charge in [-0.05, 0) is 24.3 Å². The zero-order valence-corrected chi connectivity index (χ0v) is 11.0. The molecule has 0 unspecified atom stereocenters. The number of hydrogen-bond donors (Lipinski definition) is 1. The molecule has 1 N–H and O–H groups in total. The van der Waals surface area contributed by atoms with Crippen molar-refractivity contribution in [1.82, 2.24) is 0 Å². The van der Waals surface area contributed by atoms with E-state index in [0.29, 0.717) is 24.7 Å². The van der Waals surface area contributed by atoms with Gasteiger partial charge in [0, 0.05) is 6.54 Å². The van der Waals surface area contributed by atoms with E-state index in [1.165, 1.54) is 12.1 Å². The molecule has 106 valence electrons. The number of rotatable bonds is 6. The number of nitrogens with one attached hydrogen (secondary N) is 1. The number of para-hydroxylation sites is 2. The van der Waals surface area contributed by atoms with E-state index in [1.54, 1.807) is 19.2 Å². The molecule has 0 atom stereocenters. The summed E-state index contributed by atoms with van der Waals surface area (Å²) in [7, 11) is 1.56. The number of methoxy groups -OCH3 is 1. The molecular formula is C15H15F2NO2. The number of benzene rings is 2. The van der Waals surface area contributed by atoms with Gasteiger partial charge < -0.3 is 14.8 Å². The summed E-state index contributed by atoms with van der Waals surface area (Å²) in [5.41, 5.74) is 0.119. The van der Waals surface area contributed by atoms with Gasteiger partial charge in [0.25, 0.3) is 0 Å². The lowest BCUT2D eigenvalue weighted by Gasteiger charge is -2.11. The van der Waals surface area contributed by atoms with Crippen molar-refractivity contribution in [3.63, 3.8) is 0 Å². The van der Waals surface area contributed by atoms with Crippen molar-refractivity contribution in [2.75, 3.05) is 25.6 Å². The second-order valence-corrected chi connectivity index (χ2v) is 4.03. The van der Waals surface area contributed by atoms with Gasteiger partial charge in [0.15, 0.2) is 23.1 Å². The zero-order chi connectivity index (χ0) is 14.4. The van der Waals surface area contributed by atoms with E-state index in [4.69, 9.17) is 9.47 Å². The summed E-state index contributed by atoms with van der Waals surface area (Å²) in [5, 5.41) is 2.78. The Morgan fingerprint density at radius 2 is 1.75 bits per heavy atom. The summed E-state index contributed by atoms with van der Waals surface area (Å²) in [5.74, 6) is -0.522. The van der Waals surface area contributed by atoms with Gasteiger partial charge in [-0.2, -0.15) is 0 Å². The molecule has 0 spiro atoms. The third-order valence-corrected chi connectivity index (χ3v) is 2.70. The third-order valence-electron chi connectivity index (χ3n) is 2.70. The van der Waals surface area contributed by atoms with Crippen LogP contribution in [0.25, 0.3) is 0 Å². The lowest BCUT2D eigenvalue weighted by molar-refractivity contribution is 0.305. The van der Waals surface area contributed by atoms with E-state index in [0.717, 1.165) is 6.07 Å². The highest BCUT2D eigenvalue weighted by Crippen LogP contribution is 2.25. The molecule has 2 rings (SSSR count).